The molecular formula is C22H20N4O3. The summed E-state index contributed by atoms with van der Waals surface area (Å²) >= 11 is 0. The maximum absolute atomic E-state index is 13.1. The molecule has 0 saturated carbocycles. The zero-order chi connectivity index (χ0) is 20.1. The lowest BCUT2D eigenvalue weighted by Gasteiger charge is -2.27. The number of benzene rings is 2. The highest BCUT2D eigenvalue weighted by Gasteiger charge is 2.30. The Hall–Kier alpha value is -3.61. The van der Waals surface area contributed by atoms with Crippen LogP contribution < -0.4 is 21.1 Å². The minimum atomic E-state index is -0.330. The van der Waals surface area contributed by atoms with Gasteiger partial charge in [-0.05, 0) is 35.2 Å². The highest BCUT2D eigenvalue weighted by atomic mass is 16.2. The number of carbonyl (C=O) groups is 2. The SMILES string of the molecule is Cn1c(=O)c(C2CC(=O)Nc3cc(N4CCNC4=O)ccc32)cc2ccccc21. The van der Waals surface area contributed by atoms with Crippen molar-refractivity contribution in [1.82, 2.24) is 9.88 Å². The minimum Gasteiger partial charge on any atom is -0.336 e. The van der Waals surface area contributed by atoms with Crippen LogP contribution in [0.3, 0.4) is 0 Å². The van der Waals surface area contributed by atoms with Crippen LogP contribution in [0.25, 0.3) is 10.9 Å². The fourth-order valence-electron chi connectivity index (χ4n) is 4.31. The summed E-state index contributed by atoms with van der Waals surface area (Å²) in [6.45, 7) is 1.18. The highest BCUT2D eigenvalue weighted by Crippen LogP contribution is 2.38. The first-order valence-corrected chi connectivity index (χ1v) is 9.61. The Morgan fingerprint density at radius 3 is 2.62 bits per heavy atom. The zero-order valence-corrected chi connectivity index (χ0v) is 15.9. The molecule has 5 rings (SSSR count). The number of pyridine rings is 1. The van der Waals surface area contributed by atoms with Gasteiger partial charge in [0.15, 0.2) is 0 Å². The summed E-state index contributed by atoms with van der Waals surface area (Å²) < 4.78 is 1.64. The molecular weight excluding hydrogens is 368 g/mol. The van der Waals surface area contributed by atoms with E-state index in [9.17, 15) is 14.4 Å². The molecule has 0 spiro atoms. The van der Waals surface area contributed by atoms with Gasteiger partial charge in [0, 0.05) is 49.4 Å². The van der Waals surface area contributed by atoms with Crippen molar-refractivity contribution in [3.8, 4) is 0 Å². The van der Waals surface area contributed by atoms with E-state index in [2.05, 4.69) is 10.6 Å². The van der Waals surface area contributed by atoms with E-state index in [1.807, 2.05) is 48.5 Å². The summed E-state index contributed by atoms with van der Waals surface area (Å²) in [5.41, 5.74) is 3.63. The van der Waals surface area contributed by atoms with Crippen LogP contribution in [-0.2, 0) is 11.8 Å². The lowest BCUT2D eigenvalue weighted by molar-refractivity contribution is -0.116. The van der Waals surface area contributed by atoms with Crippen molar-refractivity contribution in [3.63, 3.8) is 0 Å². The lowest BCUT2D eigenvalue weighted by Crippen LogP contribution is -2.31. The molecule has 1 saturated heterocycles. The Morgan fingerprint density at radius 2 is 1.83 bits per heavy atom. The number of aromatic nitrogens is 1. The van der Waals surface area contributed by atoms with E-state index in [0.717, 1.165) is 22.2 Å². The molecule has 1 atom stereocenters. The van der Waals surface area contributed by atoms with Gasteiger partial charge in [0.2, 0.25) is 5.91 Å². The summed E-state index contributed by atoms with van der Waals surface area (Å²) in [4.78, 5) is 39.2. The predicted molar refractivity (Wildman–Crippen MR) is 111 cm³/mol. The molecule has 29 heavy (non-hydrogen) atoms. The van der Waals surface area contributed by atoms with Gasteiger partial charge in [0.25, 0.3) is 5.56 Å². The fraction of sp³-hybridized carbons (Fsp3) is 0.227. The van der Waals surface area contributed by atoms with E-state index in [-0.39, 0.29) is 29.8 Å². The van der Waals surface area contributed by atoms with Gasteiger partial charge in [-0.15, -0.1) is 0 Å². The molecule has 0 bridgehead atoms. The topological polar surface area (TPSA) is 83.4 Å². The van der Waals surface area contributed by atoms with Crippen LogP contribution in [0, 0.1) is 0 Å². The molecule has 2 aliphatic rings. The number of nitrogens with one attached hydrogen (secondary N) is 2. The number of fused-ring (bicyclic) bond motifs is 2. The van der Waals surface area contributed by atoms with Crippen LogP contribution in [0.2, 0.25) is 0 Å². The number of rotatable bonds is 2. The molecule has 1 unspecified atom stereocenters. The van der Waals surface area contributed by atoms with E-state index in [1.165, 1.54) is 0 Å². The molecule has 3 amide bonds. The standard InChI is InChI=1S/C22H20N4O3/c1-25-19-5-3-2-4-13(19)10-17(21(25)28)16-12-20(27)24-18-11-14(6-7-15(16)18)26-9-8-23-22(26)29/h2-7,10-11,16H,8-9,12H2,1H3,(H,23,29)(H,24,27). The van der Waals surface area contributed by atoms with Gasteiger partial charge in [-0.25, -0.2) is 4.79 Å². The quantitative estimate of drug-likeness (QED) is 0.708. The Balaban J connectivity index is 1.64. The largest absolute Gasteiger partial charge is 0.336 e. The van der Waals surface area contributed by atoms with Gasteiger partial charge in [0.05, 0.1) is 5.52 Å². The molecule has 0 aliphatic carbocycles. The Morgan fingerprint density at radius 1 is 1.00 bits per heavy atom. The van der Waals surface area contributed by atoms with Crippen molar-refractivity contribution < 1.29 is 9.59 Å². The summed E-state index contributed by atoms with van der Waals surface area (Å²) in [7, 11) is 1.76. The molecule has 2 aromatic carbocycles. The normalized spacial score (nSPS) is 18.5. The molecule has 1 aromatic heterocycles. The number of amides is 3. The van der Waals surface area contributed by atoms with Gasteiger partial charge >= 0.3 is 6.03 Å². The number of hydrogen-bond acceptors (Lipinski definition) is 3. The average molecular weight is 388 g/mol. The maximum atomic E-state index is 13.1. The fourth-order valence-corrected chi connectivity index (χ4v) is 4.31. The van der Waals surface area contributed by atoms with Gasteiger partial charge in [0.1, 0.15) is 0 Å². The van der Waals surface area contributed by atoms with E-state index in [4.69, 9.17) is 0 Å². The Kier molecular flexibility index (Phi) is 3.91. The second kappa shape index (κ2) is 6.48. The predicted octanol–water partition coefficient (Wildman–Crippen LogP) is 2.54. The first kappa shape index (κ1) is 17.5. The molecule has 2 aliphatic heterocycles. The van der Waals surface area contributed by atoms with Crippen LogP contribution in [0.1, 0.15) is 23.5 Å². The second-order valence-corrected chi connectivity index (χ2v) is 7.48. The smallest absolute Gasteiger partial charge is 0.321 e. The number of para-hydroxylation sites is 1. The van der Waals surface area contributed by atoms with Crippen molar-refractivity contribution in [2.45, 2.75) is 12.3 Å². The maximum Gasteiger partial charge on any atom is 0.321 e. The minimum absolute atomic E-state index is 0.0997. The number of carbonyl (C=O) groups excluding carboxylic acids is 2. The second-order valence-electron chi connectivity index (χ2n) is 7.48. The lowest BCUT2D eigenvalue weighted by atomic mass is 9.84. The molecule has 0 radical (unpaired) electrons. The van der Waals surface area contributed by atoms with Gasteiger partial charge in [-0.3, -0.25) is 14.5 Å². The van der Waals surface area contributed by atoms with Crippen molar-refractivity contribution in [3.05, 3.63) is 70.0 Å². The van der Waals surface area contributed by atoms with Crippen LogP contribution in [0.4, 0.5) is 16.2 Å². The third kappa shape index (κ3) is 2.77. The van der Waals surface area contributed by atoms with E-state index < -0.39 is 0 Å². The van der Waals surface area contributed by atoms with Crippen molar-refractivity contribution >= 4 is 34.2 Å². The number of anilines is 2. The van der Waals surface area contributed by atoms with E-state index in [1.54, 1.807) is 16.5 Å². The van der Waals surface area contributed by atoms with Gasteiger partial charge in [-0.2, -0.15) is 0 Å². The zero-order valence-electron chi connectivity index (χ0n) is 15.9. The molecule has 146 valence electrons. The number of nitrogens with zero attached hydrogens (tertiary/aromatic N) is 2. The van der Waals surface area contributed by atoms with Crippen LogP contribution in [0.5, 0.6) is 0 Å². The number of aryl methyl sites for hydroxylation is 1. The monoisotopic (exact) mass is 388 g/mol. The average Bonchev–Trinajstić information content (AvgIpc) is 3.15. The molecule has 3 aromatic rings. The Bertz CT molecular complexity index is 1230. The molecule has 3 heterocycles. The Labute approximate surface area is 166 Å². The van der Waals surface area contributed by atoms with Crippen LogP contribution >= 0.6 is 0 Å². The summed E-state index contributed by atoms with van der Waals surface area (Å²) in [6, 6.07) is 15.1. The van der Waals surface area contributed by atoms with Crippen molar-refractivity contribution in [2.24, 2.45) is 7.05 Å². The van der Waals surface area contributed by atoms with Crippen LogP contribution in [-0.4, -0.2) is 29.6 Å². The summed E-state index contributed by atoms with van der Waals surface area (Å²) in [5, 5.41) is 6.64. The molecule has 2 N–H and O–H groups in total. The van der Waals surface area contributed by atoms with Crippen LogP contribution in [0.15, 0.2) is 53.3 Å². The molecule has 1 fully saturated rings. The number of urea groups is 1. The van der Waals surface area contributed by atoms with Gasteiger partial charge < -0.3 is 15.2 Å². The van der Waals surface area contributed by atoms with Crippen molar-refractivity contribution in [2.75, 3.05) is 23.3 Å². The summed E-state index contributed by atoms with van der Waals surface area (Å²) in [6.07, 6.45) is 0.212. The first-order chi connectivity index (χ1) is 14.0. The molecule has 7 heteroatoms. The first-order valence-electron chi connectivity index (χ1n) is 9.61. The van der Waals surface area contributed by atoms with E-state index >= 15 is 0 Å². The highest BCUT2D eigenvalue weighted by molar-refractivity contribution is 5.98. The molecule has 7 nitrogen and oxygen atoms in total. The summed E-state index contributed by atoms with van der Waals surface area (Å²) in [5.74, 6) is -0.468. The van der Waals surface area contributed by atoms with Crippen molar-refractivity contribution in [1.29, 1.82) is 0 Å². The third-order valence-corrected chi connectivity index (χ3v) is 5.78. The van der Waals surface area contributed by atoms with Gasteiger partial charge in [-0.1, -0.05) is 24.3 Å². The third-order valence-electron chi connectivity index (χ3n) is 5.78. The van der Waals surface area contributed by atoms with E-state index in [0.29, 0.717) is 24.3 Å². The number of hydrogen-bond donors (Lipinski definition) is 2.